The van der Waals surface area contributed by atoms with Crippen molar-refractivity contribution in [3.63, 3.8) is 0 Å². The molecule has 0 unspecified atom stereocenters. The fourth-order valence-electron chi connectivity index (χ4n) is 3.30. The normalized spacial score (nSPS) is 10.8. The monoisotopic (exact) mass is 337 g/mol. The van der Waals surface area contributed by atoms with Crippen LogP contribution in [0.2, 0.25) is 0 Å². The molecule has 0 amide bonds. The lowest BCUT2D eigenvalue weighted by Gasteiger charge is -2.13. The molecule has 4 rings (SSSR count). The number of benzene rings is 3. The minimum absolute atomic E-state index is 0.656. The highest BCUT2D eigenvalue weighted by molar-refractivity contribution is 5.84. The standard InChI is InChI=1S/C23H19N3/c1-15-9-10-18(13-16(15)2)23-25-20-7-5-6-8-22(20)26(23)21-12-11-19(24-4)14-17(21)3/h5-14H,1-3H3. The molecule has 1 aromatic heterocycles. The minimum Gasteiger partial charge on any atom is -0.292 e. The quantitative estimate of drug-likeness (QED) is 0.401. The van der Waals surface area contributed by atoms with Gasteiger partial charge in [-0.25, -0.2) is 9.83 Å². The van der Waals surface area contributed by atoms with E-state index in [9.17, 15) is 0 Å². The molecule has 0 saturated heterocycles. The Morgan fingerprint density at radius 1 is 0.846 bits per heavy atom. The molecule has 0 N–H and O–H groups in total. The molecule has 1 heterocycles. The molecule has 3 heteroatoms. The fourth-order valence-corrected chi connectivity index (χ4v) is 3.30. The molecule has 0 radical (unpaired) electrons. The van der Waals surface area contributed by atoms with E-state index >= 15 is 0 Å². The molecule has 0 spiro atoms. The Balaban J connectivity index is 2.04. The summed E-state index contributed by atoms with van der Waals surface area (Å²) >= 11 is 0. The topological polar surface area (TPSA) is 22.2 Å². The van der Waals surface area contributed by atoms with Gasteiger partial charge in [-0.05, 0) is 61.7 Å². The first-order valence-corrected chi connectivity index (χ1v) is 8.62. The van der Waals surface area contributed by atoms with Gasteiger partial charge in [0.2, 0.25) is 0 Å². The zero-order valence-corrected chi connectivity index (χ0v) is 15.1. The number of aromatic nitrogens is 2. The highest BCUT2D eigenvalue weighted by Gasteiger charge is 2.16. The van der Waals surface area contributed by atoms with Crippen LogP contribution in [0.4, 0.5) is 5.69 Å². The first-order chi connectivity index (χ1) is 12.6. The Labute approximate surface area is 153 Å². The number of fused-ring (bicyclic) bond motifs is 1. The van der Waals surface area contributed by atoms with Gasteiger partial charge in [-0.3, -0.25) is 4.57 Å². The maximum Gasteiger partial charge on any atom is 0.187 e. The average molecular weight is 337 g/mol. The summed E-state index contributed by atoms with van der Waals surface area (Å²) in [7, 11) is 0. The lowest BCUT2D eigenvalue weighted by atomic mass is 10.1. The van der Waals surface area contributed by atoms with Crippen molar-refractivity contribution in [3.8, 4) is 17.1 Å². The molecule has 0 aliphatic rings. The Hall–Kier alpha value is -3.38. The van der Waals surface area contributed by atoms with E-state index in [0.717, 1.165) is 33.7 Å². The van der Waals surface area contributed by atoms with E-state index in [2.05, 4.69) is 47.5 Å². The van der Waals surface area contributed by atoms with Gasteiger partial charge >= 0.3 is 0 Å². The van der Waals surface area contributed by atoms with Crippen LogP contribution in [0, 0.1) is 27.3 Å². The van der Waals surface area contributed by atoms with Crippen LogP contribution in [0.15, 0.2) is 60.7 Å². The zero-order valence-electron chi connectivity index (χ0n) is 15.1. The van der Waals surface area contributed by atoms with Gasteiger partial charge in [0.15, 0.2) is 5.69 Å². The van der Waals surface area contributed by atoms with Gasteiger partial charge in [-0.2, -0.15) is 0 Å². The highest BCUT2D eigenvalue weighted by Crippen LogP contribution is 2.32. The molecular formula is C23H19N3. The molecule has 4 aromatic rings. The number of aryl methyl sites for hydroxylation is 3. The number of nitrogens with zero attached hydrogens (tertiary/aromatic N) is 3. The molecule has 0 aliphatic heterocycles. The Morgan fingerprint density at radius 3 is 2.38 bits per heavy atom. The van der Waals surface area contributed by atoms with Crippen LogP contribution < -0.4 is 0 Å². The molecular weight excluding hydrogens is 318 g/mol. The molecule has 3 aromatic carbocycles. The van der Waals surface area contributed by atoms with Crippen LogP contribution in [0.1, 0.15) is 16.7 Å². The van der Waals surface area contributed by atoms with Gasteiger partial charge in [-0.15, -0.1) is 0 Å². The zero-order chi connectivity index (χ0) is 18.3. The number of rotatable bonds is 2. The molecule has 0 aliphatic carbocycles. The van der Waals surface area contributed by atoms with Crippen molar-refractivity contribution in [1.82, 2.24) is 9.55 Å². The maximum absolute atomic E-state index is 7.24. The third-order valence-electron chi connectivity index (χ3n) is 4.88. The van der Waals surface area contributed by atoms with E-state index in [4.69, 9.17) is 11.6 Å². The second kappa shape index (κ2) is 6.16. The largest absolute Gasteiger partial charge is 0.292 e. The van der Waals surface area contributed by atoms with E-state index in [-0.39, 0.29) is 0 Å². The van der Waals surface area contributed by atoms with E-state index in [1.165, 1.54) is 11.1 Å². The van der Waals surface area contributed by atoms with Crippen LogP contribution in [0.5, 0.6) is 0 Å². The number of para-hydroxylation sites is 2. The van der Waals surface area contributed by atoms with Crippen molar-refractivity contribution in [2.24, 2.45) is 0 Å². The predicted octanol–water partition coefficient (Wildman–Crippen LogP) is 6.17. The second-order valence-electron chi connectivity index (χ2n) is 6.64. The smallest absolute Gasteiger partial charge is 0.187 e. The molecule has 3 nitrogen and oxygen atoms in total. The van der Waals surface area contributed by atoms with Gasteiger partial charge in [0.05, 0.1) is 17.6 Å². The first-order valence-electron chi connectivity index (χ1n) is 8.62. The summed E-state index contributed by atoms with van der Waals surface area (Å²) in [6, 6.07) is 20.5. The van der Waals surface area contributed by atoms with Crippen molar-refractivity contribution in [2.75, 3.05) is 0 Å². The molecule has 0 bridgehead atoms. The van der Waals surface area contributed by atoms with Crippen LogP contribution in [0.3, 0.4) is 0 Å². The number of hydrogen-bond donors (Lipinski definition) is 0. The van der Waals surface area contributed by atoms with Gasteiger partial charge < -0.3 is 0 Å². The summed E-state index contributed by atoms with van der Waals surface area (Å²) in [5.41, 5.74) is 8.43. The summed E-state index contributed by atoms with van der Waals surface area (Å²) in [5.74, 6) is 0.924. The molecule has 0 saturated carbocycles. The Morgan fingerprint density at radius 2 is 1.65 bits per heavy atom. The van der Waals surface area contributed by atoms with Crippen LogP contribution in [-0.2, 0) is 0 Å². The molecule has 0 atom stereocenters. The summed E-state index contributed by atoms with van der Waals surface area (Å²) in [6.07, 6.45) is 0. The average Bonchev–Trinajstić information content (AvgIpc) is 3.03. The van der Waals surface area contributed by atoms with E-state index in [1.807, 2.05) is 43.3 Å². The predicted molar refractivity (Wildman–Crippen MR) is 107 cm³/mol. The Kier molecular flexibility index (Phi) is 3.82. The minimum atomic E-state index is 0.656. The van der Waals surface area contributed by atoms with Crippen molar-refractivity contribution < 1.29 is 0 Å². The van der Waals surface area contributed by atoms with Crippen LogP contribution in [0.25, 0.3) is 33.0 Å². The van der Waals surface area contributed by atoms with Gasteiger partial charge in [0.1, 0.15) is 5.82 Å². The third kappa shape index (κ3) is 2.57. The number of hydrogen-bond acceptors (Lipinski definition) is 1. The second-order valence-corrected chi connectivity index (χ2v) is 6.64. The number of imidazole rings is 1. The van der Waals surface area contributed by atoms with Crippen LogP contribution >= 0.6 is 0 Å². The molecule has 0 fully saturated rings. The van der Waals surface area contributed by atoms with E-state index in [1.54, 1.807) is 0 Å². The third-order valence-corrected chi connectivity index (χ3v) is 4.88. The summed E-state index contributed by atoms with van der Waals surface area (Å²) < 4.78 is 2.20. The van der Waals surface area contributed by atoms with Crippen LogP contribution in [-0.4, -0.2) is 9.55 Å². The molecule has 26 heavy (non-hydrogen) atoms. The molecule has 126 valence electrons. The van der Waals surface area contributed by atoms with Crippen molar-refractivity contribution in [3.05, 3.63) is 88.8 Å². The first kappa shape index (κ1) is 16.1. The lowest BCUT2D eigenvalue weighted by Crippen LogP contribution is -2.00. The summed E-state index contributed by atoms with van der Waals surface area (Å²) in [4.78, 5) is 8.46. The summed E-state index contributed by atoms with van der Waals surface area (Å²) in [5, 5.41) is 0. The van der Waals surface area contributed by atoms with Gasteiger partial charge in [0.25, 0.3) is 0 Å². The lowest BCUT2D eigenvalue weighted by molar-refractivity contribution is 1.08. The van der Waals surface area contributed by atoms with Gasteiger partial charge in [-0.1, -0.05) is 36.4 Å². The van der Waals surface area contributed by atoms with E-state index < -0.39 is 0 Å². The van der Waals surface area contributed by atoms with E-state index in [0.29, 0.717) is 5.69 Å². The summed E-state index contributed by atoms with van der Waals surface area (Å²) in [6.45, 7) is 13.5. The van der Waals surface area contributed by atoms with Crippen molar-refractivity contribution in [1.29, 1.82) is 0 Å². The highest BCUT2D eigenvalue weighted by atomic mass is 15.1. The Bertz CT molecular complexity index is 1180. The van der Waals surface area contributed by atoms with Crippen molar-refractivity contribution in [2.45, 2.75) is 20.8 Å². The fraction of sp³-hybridized carbons (Fsp3) is 0.130. The maximum atomic E-state index is 7.24. The SMILES string of the molecule is [C-]#[N+]c1ccc(-n2c(-c3ccc(C)c(C)c3)nc3ccccc32)c(C)c1. The van der Waals surface area contributed by atoms with Gasteiger partial charge in [0, 0.05) is 11.3 Å². The van der Waals surface area contributed by atoms with Crippen molar-refractivity contribution >= 4 is 16.7 Å².